The first-order valence-corrected chi connectivity index (χ1v) is 10.3. The van der Waals surface area contributed by atoms with Crippen LogP contribution in [0.25, 0.3) is 0 Å². The van der Waals surface area contributed by atoms with Gasteiger partial charge in [-0.15, -0.1) is 0 Å². The van der Waals surface area contributed by atoms with Crippen LogP contribution in [0.3, 0.4) is 0 Å². The van der Waals surface area contributed by atoms with E-state index in [-0.39, 0.29) is 23.0 Å². The number of carbonyl (C=O) groups excluding carboxylic acids is 1. The van der Waals surface area contributed by atoms with Gasteiger partial charge in [-0.1, -0.05) is 0 Å². The first-order valence-electron chi connectivity index (χ1n) is 8.88. The summed E-state index contributed by atoms with van der Waals surface area (Å²) in [7, 11) is 0.382. The SMILES string of the molecule is C[C@@H]1CN(S(=O)(=O)c2ccc(C(=O)NCCCN(C)C)cc2)C[C@H](C)O1. The minimum Gasteiger partial charge on any atom is -0.373 e. The van der Waals surface area contributed by atoms with E-state index in [0.717, 1.165) is 13.0 Å². The first kappa shape index (κ1) is 20.8. The minimum atomic E-state index is -3.58. The second-order valence-electron chi connectivity index (χ2n) is 7.02. The van der Waals surface area contributed by atoms with E-state index in [1.54, 1.807) is 12.1 Å². The highest BCUT2D eigenvalue weighted by Gasteiger charge is 2.32. The number of ether oxygens (including phenoxy) is 1. The maximum Gasteiger partial charge on any atom is 0.251 e. The summed E-state index contributed by atoms with van der Waals surface area (Å²) in [6, 6.07) is 6.10. The van der Waals surface area contributed by atoms with Crippen molar-refractivity contribution in [1.29, 1.82) is 0 Å². The second kappa shape index (κ2) is 8.94. The molecule has 1 fully saturated rings. The average Bonchev–Trinajstić information content (AvgIpc) is 2.57. The van der Waals surface area contributed by atoms with Crippen LogP contribution in [-0.4, -0.2) is 76.0 Å². The van der Waals surface area contributed by atoms with Crippen LogP contribution in [0.5, 0.6) is 0 Å². The Balaban J connectivity index is 2.00. The Hall–Kier alpha value is -1.48. The summed E-state index contributed by atoms with van der Waals surface area (Å²) in [6.07, 6.45) is 0.583. The summed E-state index contributed by atoms with van der Waals surface area (Å²) in [5.41, 5.74) is 0.456. The number of hydrogen-bond donors (Lipinski definition) is 1. The van der Waals surface area contributed by atoms with Crippen molar-refractivity contribution in [1.82, 2.24) is 14.5 Å². The lowest BCUT2D eigenvalue weighted by Crippen LogP contribution is -2.48. The van der Waals surface area contributed by atoms with Crippen LogP contribution >= 0.6 is 0 Å². The molecular formula is C18H29N3O4S. The van der Waals surface area contributed by atoms with E-state index in [1.807, 2.05) is 27.9 Å². The number of amides is 1. The molecule has 1 aromatic carbocycles. The summed E-state index contributed by atoms with van der Waals surface area (Å²) >= 11 is 0. The number of morpholine rings is 1. The third kappa shape index (κ3) is 5.51. The average molecular weight is 384 g/mol. The topological polar surface area (TPSA) is 79.0 Å². The Morgan fingerprint density at radius 1 is 1.19 bits per heavy atom. The fraction of sp³-hybridized carbons (Fsp3) is 0.611. The molecule has 0 radical (unpaired) electrons. The van der Waals surface area contributed by atoms with Crippen molar-refractivity contribution in [2.75, 3.05) is 40.3 Å². The number of hydrogen-bond acceptors (Lipinski definition) is 5. The van der Waals surface area contributed by atoms with E-state index >= 15 is 0 Å². The molecule has 0 unspecified atom stereocenters. The van der Waals surface area contributed by atoms with E-state index in [1.165, 1.54) is 16.4 Å². The lowest BCUT2D eigenvalue weighted by atomic mass is 10.2. The largest absolute Gasteiger partial charge is 0.373 e. The van der Waals surface area contributed by atoms with Crippen molar-refractivity contribution in [3.05, 3.63) is 29.8 Å². The molecule has 1 aliphatic heterocycles. The van der Waals surface area contributed by atoms with Crippen LogP contribution in [0, 0.1) is 0 Å². The van der Waals surface area contributed by atoms with Gasteiger partial charge in [0, 0.05) is 25.2 Å². The summed E-state index contributed by atoms with van der Waals surface area (Å²) in [5, 5.41) is 2.85. The van der Waals surface area contributed by atoms with Gasteiger partial charge in [0.25, 0.3) is 5.91 Å². The van der Waals surface area contributed by atoms with Gasteiger partial charge in [0.15, 0.2) is 0 Å². The molecule has 8 heteroatoms. The normalized spacial score (nSPS) is 21.7. The molecule has 0 saturated carbocycles. The molecule has 1 saturated heterocycles. The van der Waals surface area contributed by atoms with Crippen LogP contribution in [0.2, 0.25) is 0 Å². The summed E-state index contributed by atoms with van der Waals surface area (Å²) in [4.78, 5) is 14.4. The van der Waals surface area contributed by atoms with Gasteiger partial charge in [-0.05, 0) is 65.2 Å². The Kier molecular flexibility index (Phi) is 7.16. The highest BCUT2D eigenvalue weighted by Crippen LogP contribution is 2.21. The van der Waals surface area contributed by atoms with E-state index in [0.29, 0.717) is 25.2 Å². The molecule has 0 aromatic heterocycles. The summed E-state index contributed by atoms with van der Waals surface area (Å²) in [5.74, 6) is -0.193. The molecule has 0 bridgehead atoms. The molecule has 146 valence electrons. The molecule has 7 nitrogen and oxygen atoms in total. The van der Waals surface area contributed by atoms with Gasteiger partial charge in [0.2, 0.25) is 10.0 Å². The zero-order valence-corrected chi connectivity index (χ0v) is 16.8. The Labute approximate surface area is 156 Å². The predicted octanol–water partition coefficient (Wildman–Crippen LogP) is 1.17. The van der Waals surface area contributed by atoms with Crippen molar-refractivity contribution in [3.63, 3.8) is 0 Å². The molecule has 26 heavy (non-hydrogen) atoms. The van der Waals surface area contributed by atoms with E-state index < -0.39 is 10.0 Å². The zero-order chi connectivity index (χ0) is 19.3. The lowest BCUT2D eigenvalue weighted by Gasteiger charge is -2.34. The van der Waals surface area contributed by atoms with Gasteiger partial charge in [-0.3, -0.25) is 4.79 Å². The van der Waals surface area contributed by atoms with Gasteiger partial charge in [-0.2, -0.15) is 4.31 Å². The predicted molar refractivity (Wildman–Crippen MR) is 101 cm³/mol. The maximum atomic E-state index is 12.8. The fourth-order valence-electron chi connectivity index (χ4n) is 2.95. The highest BCUT2D eigenvalue weighted by atomic mass is 32.2. The smallest absolute Gasteiger partial charge is 0.251 e. The van der Waals surface area contributed by atoms with Crippen molar-refractivity contribution < 1.29 is 17.9 Å². The van der Waals surface area contributed by atoms with Gasteiger partial charge in [0.1, 0.15) is 0 Å². The van der Waals surface area contributed by atoms with Crippen LogP contribution in [0.4, 0.5) is 0 Å². The van der Waals surface area contributed by atoms with E-state index in [4.69, 9.17) is 4.74 Å². The second-order valence-corrected chi connectivity index (χ2v) is 8.95. The molecule has 1 amide bonds. The molecule has 1 aliphatic rings. The number of sulfonamides is 1. The van der Waals surface area contributed by atoms with Crippen LogP contribution in [-0.2, 0) is 14.8 Å². The quantitative estimate of drug-likeness (QED) is 0.715. The molecule has 2 atom stereocenters. The van der Waals surface area contributed by atoms with Gasteiger partial charge < -0.3 is 15.0 Å². The molecular weight excluding hydrogens is 354 g/mol. The van der Waals surface area contributed by atoms with Gasteiger partial charge >= 0.3 is 0 Å². The Morgan fingerprint density at radius 3 is 2.31 bits per heavy atom. The molecule has 0 aliphatic carbocycles. The molecule has 1 N–H and O–H groups in total. The minimum absolute atomic E-state index is 0.138. The summed E-state index contributed by atoms with van der Waals surface area (Å²) < 4.78 is 32.6. The van der Waals surface area contributed by atoms with Crippen molar-refractivity contribution >= 4 is 15.9 Å². The number of rotatable bonds is 7. The molecule has 2 rings (SSSR count). The Morgan fingerprint density at radius 2 is 1.77 bits per heavy atom. The number of benzene rings is 1. The number of carbonyl (C=O) groups is 1. The van der Waals surface area contributed by atoms with Gasteiger partial charge in [0.05, 0.1) is 17.1 Å². The first-order chi connectivity index (χ1) is 12.2. The highest BCUT2D eigenvalue weighted by molar-refractivity contribution is 7.89. The third-order valence-electron chi connectivity index (χ3n) is 4.21. The van der Waals surface area contributed by atoms with Crippen molar-refractivity contribution in [3.8, 4) is 0 Å². The number of nitrogens with zero attached hydrogens (tertiary/aromatic N) is 2. The fourth-order valence-corrected chi connectivity index (χ4v) is 4.54. The Bertz CT molecular complexity index is 694. The number of nitrogens with one attached hydrogen (secondary N) is 1. The van der Waals surface area contributed by atoms with Crippen molar-refractivity contribution in [2.24, 2.45) is 0 Å². The molecule has 0 spiro atoms. The van der Waals surface area contributed by atoms with E-state index in [2.05, 4.69) is 10.2 Å². The van der Waals surface area contributed by atoms with Gasteiger partial charge in [-0.25, -0.2) is 8.42 Å². The van der Waals surface area contributed by atoms with Crippen molar-refractivity contribution in [2.45, 2.75) is 37.4 Å². The van der Waals surface area contributed by atoms with E-state index in [9.17, 15) is 13.2 Å². The zero-order valence-electron chi connectivity index (χ0n) is 15.9. The third-order valence-corrected chi connectivity index (χ3v) is 6.05. The van der Waals surface area contributed by atoms with Crippen LogP contribution in [0.1, 0.15) is 30.6 Å². The van der Waals surface area contributed by atoms with Crippen LogP contribution in [0.15, 0.2) is 29.2 Å². The molecule has 1 heterocycles. The maximum absolute atomic E-state index is 12.8. The molecule has 1 aromatic rings. The standard InChI is InChI=1S/C18H29N3O4S/c1-14-12-21(13-15(2)25-14)26(23,24)17-8-6-16(7-9-17)18(22)19-10-5-11-20(3)4/h6-9,14-15H,5,10-13H2,1-4H3,(H,19,22)/t14-,15+. The van der Waals surface area contributed by atoms with Crippen LogP contribution < -0.4 is 5.32 Å². The monoisotopic (exact) mass is 383 g/mol. The lowest BCUT2D eigenvalue weighted by molar-refractivity contribution is -0.0440. The summed E-state index contributed by atoms with van der Waals surface area (Å²) in [6.45, 7) is 5.87.